The summed E-state index contributed by atoms with van der Waals surface area (Å²) >= 11 is 1.26. The van der Waals surface area contributed by atoms with Crippen molar-refractivity contribution < 1.29 is 14.4 Å². The summed E-state index contributed by atoms with van der Waals surface area (Å²) in [5.41, 5.74) is 0. The zero-order valence-electron chi connectivity index (χ0n) is 14.7. The number of carbonyl (C=O) groups excluding carboxylic acids is 3. The van der Waals surface area contributed by atoms with Gasteiger partial charge in [0, 0.05) is 39.3 Å². The molecular weight excluding hydrogens is 338 g/mol. The van der Waals surface area contributed by atoms with Crippen LogP contribution in [0.25, 0.3) is 0 Å². The summed E-state index contributed by atoms with van der Waals surface area (Å²) in [6, 6.07) is 3.46. The fourth-order valence-corrected chi connectivity index (χ4v) is 4.26. The molecule has 2 saturated heterocycles. The Kier molecular flexibility index (Phi) is 5.86. The Hall–Kier alpha value is -1.73. The first-order valence-corrected chi connectivity index (χ1v) is 9.76. The molecule has 2 fully saturated rings. The Morgan fingerprint density at radius 1 is 0.880 bits per heavy atom. The van der Waals surface area contributed by atoms with Gasteiger partial charge < -0.3 is 9.80 Å². The maximum absolute atomic E-state index is 12.7. The monoisotopic (exact) mass is 363 g/mol. The quantitative estimate of drug-likeness (QED) is 0.765. The van der Waals surface area contributed by atoms with Crippen LogP contribution >= 0.6 is 11.3 Å². The number of rotatable bonds is 4. The Bertz CT molecular complexity index is 652. The van der Waals surface area contributed by atoms with Crippen LogP contribution in [0, 0.1) is 0 Å². The molecule has 0 bridgehead atoms. The summed E-state index contributed by atoms with van der Waals surface area (Å²) in [6.45, 7) is 6.61. The van der Waals surface area contributed by atoms with Crippen LogP contribution in [0.15, 0.2) is 12.1 Å². The van der Waals surface area contributed by atoms with E-state index in [1.165, 1.54) is 18.3 Å². The second kappa shape index (κ2) is 8.10. The van der Waals surface area contributed by atoms with Gasteiger partial charge in [-0.15, -0.1) is 11.3 Å². The van der Waals surface area contributed by atoms with Crippen LogP contribution in [0.3, 0.4) is 0 Å². The van der Waals surface area contributed by atoms with E-state index < -0.39 is 0 Å². The lowest BCUT2D eigenvalue weighted by atomic mass is 10.3. The minimum atomic E-state index is -0.00906. The molecule has 0 aromatic carbocycles. The van der Waals surface area contributed by atoms with E-state index in [-0.39, 0.29) is 17.6 Å². The molecule has 1 aromatic rings. The van der Waals surface area contributed by atoms with E-state index in [0.717, 1.165) is 45.4 Å². The van der Waals surface area contributed by atoms with Gasteiger partial charge in [0.25, 0.3) is 5.91 Å². The normalized spacial score (nSPS) is 19.1. The number of thiophene rings is 1. The van der Waals surface area contributed by atoms with Crippen molar-refractivity contribution in [3.8, 4) is 0 Å². The lowest BCUT2D eigenvalue weighted by Gasteiger charge is -2.23. The molecule has 2 amide bonds. The van der Waals surface area contributed by atoms with Gasteiger partial charge in [-0.3, -0.25) is 19.3 Å². The molecule has 3 heterocycles. The number of hydrogen-bond acceptors (Lipinski definition) is 5. The molecule has 0 spiro atoms. The van der Waals surface area contributed by atoms with E-state index in [9.17, 15) is 14.4 Å². The van der Waals surface area contributed by atoms with Crippen molar-refractivity contribution in [2.24, 2.45) is 0 Å². The summed E-state index contributed by atoms with van der Waals surface area (Å²) in [5, 5.41) is 0. The average Bonchev–Trinajstić information content (AvgIpc) is 3.24. The summed E-state index contributed by atoms with van der Waals surface area (Å²) in [7, 11) is 0. The first-order chi connectivity index (χ1) is 12.0. The van der Waals surface area contributed by atoms with Gasteiger partial charge in [-0.05, 0) is 38.3 Å². The van der Waals surface area contributed by atoms with Crippen molar-refractivity contribution in [3.05, 3.63) is 21.9 Å². The van der Waals surface area contributed by atoms with Crippen LogP contribution in [0.4, 0.5) is 0 Å². The van der Waals surface area contributed by atoms with Gasteiger partial charge in [-0.1, -0.05) is 0 Å². The second-order valence-corrected chi connectivity index (χ2v) is 7.81. The van der Waals surface area contributed by atoms with Gasteiger partial charge in [-0.2, -0.15) is 0 Å². The lowest BCUT2D eigenvalue weighted by molar-refractivity contribution is -0.131. The van der Waals surface area contributed by atoms with E-state index in [1.54, 1.807) is 12.1 Å². The van der Waals surface area contributed by atoms with Gasteiger partial charge in [-0.25, -0.2) is 0 Å². The third-order valence-corrected chi connectivity index (χ3v) is 6.03. The van der Waals surface area contributed by atoms with Crippen molar-refractivity contribution in [1.82, 2.24) is 14.7 Å². The highest BCUT2D eigenvalue weighted by Crippen LogP contribution is 2.20. The molecule has 0 unspecified atom stereocenters. The average molecular weight is 363 g/mol. The minimum absolute atomic E-state index is 0.00785. The van der Waals surface area contributed by atoms with E-state index in [0.29, 0.717) is 29.4 Å². The predicted molar refractivity (Wildman–Crippen MR) is 97.1 cm³/mol. The van der Waals surface area contributed by atoms with Crippen LogP contribution in [-0.4, -0.2) is 78.1 Å². The molecule has 2 aliphatic rings. The standard InChI is InChI=1S/C18H25N3O3S/c1-14(22)15-5-6-16(25-15)18(24)21-10-4-7-19(11-12-21)13-17(23)20-8-2-3-9-20/h5-6H,2-4,7-13H2,1H3. The Morgan fingerprint density at radius 3 is 2.24 bits per heavy atom. The van der Waals surface area contributed by atoms with Gasteiger partial charge in [0.1, 0.15) is 0 Å². The topological polar surface area (TPSA) is 60.9 Å². The summed E-state index contributed by atoms with van der Waals surface area (Å²) in [6.07, 6.45) is 3.08. The minimum Gasteiger partial charge on any atom is -0.342 e. The van der Waals surface area contributed by atoms with E-state index >= 15 is 0 Å². The Labute approximate surface area is 152 Å². The number of hydrogen-bond donors (Lipinski definition) is 0. The fourth-order valence-electron chi connectivity index (χ4n) is 3.39. The molecular formula is C18H25N3O3S. The second-order valence-electron chi connectivity index (χ2n) is 6.73. The first-order valence-electron chi connectivity index (χ1n) is 8.95. The molecule has 0 saturated carbocycles. The number of likely N-dealkylation sites (tertiary alicyclic amines) is 1. The Morgan fingerprint density at radius 2 is 1.56 bits per heavy atom. The number of Topliss-reactive ketones (excluding diaryl/α,β-unsaturated/α-hetero) is 1. The maximum Gasteiger partial charge on any atom is 0.263 e. The van der Waals surface area contributed by atoms with Crippen LogP contribution in [0.1, 0.15) is 45.5 Å². The summed E-state index contributed by atoms with van der Waals surface area (Å²) in [4.78, 5) is 43.6. The van der Waals surface area contributed by atoms with Crippen molar-refractivity contribution in [2.75, 3.05) is 45.8 Å². The maximum atomic E-state index is 12.7. The van der Waals surface area contributed by atoms with E-state index in [4.69, 9.17) is 0 Å². The molecule has 1 aromatic heterocycles. The molecule has 7 heteroatoms. The number of ketones is 1. The van der Waals surface area contributed by atoms with Crippen LogP contribution in [0.2, 0.25) is 0 Å². The SMILES string of the molecule is CC(=O)c1ccc(C(=O)N2CCCN(CC(=O)N3CCCC3)CC2)s1. The van der Waals surface area contributed by atoms with Crippen LogP contribution in [0.5, 0.6) is 0 Å². The number of nitrogens with zero attached hydrogens (tertiary/aromatic N) is 3. The van der Waals surface area contributed by atoms with Crippen molar-refractivity contribution in [1.29, 1.82) is 0 Å². The van der Waals surface area contributed by atoms with Crippen LogP contribution < -0.4 is 0 Å². The lowest BCUT2D eigenvalue weighted by Crippen LogP contribution is -2.41. The predicted octanol–water partition coefficient (Wildman–Crippen LogP) is 1.72. The van der Waals surface area contributed by atoms with Crippen molar-refractivity contribution in [3.63, 3.8) is 0 Å². The molecule has 25 heavy (non-hydrogen) atoms. The van der Waals surface area contributed by atoms with Gasteiger partial charge >= 0.3 is 0 Å². The largest absolute Gasteiger partial charge is 0.342 e. The molecule has 0 aliphatic carbocycles. The van der Waals surface area contributed by atoms with Crippen LogP contribution in [-0.2, 0) is 4.79 Å². The fraction of sp³-hybridized carbons (Fsp3) is 0.611. The highest BCUT2D eigenvalue weighted by atomic mass is 32.1. The molecule has 2 aliphatic heterocycles. The third kappa shape index (κ3) is 4.46. The Balaban J connectivity index is 1.54. The van der Waals surface area contributed by atoms with Gasteiger partial charge in [0.2, 0.25) is 5.91 Å². The molecule has 0 radical (unpaired) electrons. The van der Waals surface area contributed by atoms with Gasteiger partial charge in [0.15, 0.2) is 5.78 Å². The van der Waals surface area contributed by atoms with E-state index in [1.807, 2.05) is 9.80 Å². The van der Waals surface area contributed by atoms with E-state index in [2.05, 4.69) is 4.90 Å². The molecule has 136 valence electrons. The highest BCUT2D eigenvalue weighted by Gasteiger charge is 2.25. The number of amides is 2. The third-order valence-electron chi connectivity index (χ3n) is 4.86. The van der Waals surface area contributed by atoms with Crippen molar-refractivity contribution in [2.45, 2.75) is 26.2 Å². The molecule has 6 nitrogen and oxygen atoms in total. The van der Waals surface area contributed by atoms with Crippen molar-refractivity contribution >= 4 is 28.9 Å². The van der Waals surface area contributed by atoms with Gasteiger partial charge in [0.05, 0.1) is 16.3 Å². The summed E-state index contributed by atoms with van der Waals surface area (Å²) in [5.74, 6) is 0.193. The molecule has 0 atom stereocenters. The zero-order valence-corrected chi connectivity index (χ0v) is 15.5. The first kappa shape index (κ1) is 18.1. The zero-order chi connectivity index (χ0) is 17.8. The summed E-state index contributed by atoms with van der Waals surface area (Å²) < 4.78 is 0. The highest BCUT2D eigenvalue weighted by molar-refractivity contribution is 7.15. The smallest absolute Gasteiger partial charge is 0.263 e. The molecule has 3 rings (SSSR count). The number of carbonyl (C=O) groups is 3. The molecule has 0 N–H and O–H groups in total.